The van der Waals surface area contributed by atoms with Gasteiger partial charge < -0.3 is 5.11 Å². The van der Waals surface area contributed by atoms with Crippen LogP contribution in [-0.2, 0) is 15.0 Å². The fraction of sp³-hybridized carbons (Fsp3) is 0.923. The largest absolute Gasteiger partial charge is 0.481 e. The van der Waals surface area contributed by atoms with Crippen molar-refractivity contribution in [2.45, 2.75) is 40.0 Å². The van der Waals surface area contributed by atoms with E-state index in [1.807, 2.05) is 6.92 Å². The summed E-state index contributed by atoms with van der Waals surface area (Å²) in [7, 11) is -3.45. The predicted molar refractivity (Wildman–Crippen MR) is 77.5 cm³/mol. The van der Waals surface area contributed by atoms with Gasteiger partial charge in [-0.25, -0.2) is 4.72 Å². The second kappa shape index (κ2) is 7.38. The maximum Gasteiger partial charge on any atom is 0.303 e. The molecule has 1 fully saturated rings. The maximum atomic E-state index is 12.2. The SMILES string of the molecule is CC(CCC(=O)O)CNS(=O)(=O)N1CC(C)CC(C)C1. The van der Waals surface area contributed by atoms with Crippen molar-refractivity contribution in [1.29, 1.82) is 0 Å². The van der Waals surface area contributed by atoms with Crippen molar-refractivity contribution < 1.29 is 18.3 Å². The molecule has 0 saturated carbocycles. The van der Waals surface area contributed by atoms with Crippen LogP contribution in [0.1, 0.15) is 40.0 Å². The Morgan fingerprint density at radius 3 is 2.40 bits per heavy atom. The van der Waals surface area contributed by atoms with Gasteiger partial charge in [0.25, 0.3) is 10.2 Å². The zero-order valence-corrected chi connectivity index (χ0v) is 13.3. The number of carboxylic acid groups (broad SMARTS) is 1. The maximum absolute atomic E-state index is 12.2. The van der Waals surface area contributed by atoms with Gasteiger partial charge in [0, 0.05) is 26.1 Å². The Kier molecular flexibility index (Phi) is 6.42. The van der Waals surface area contributed by atoms with Crippen LogP contribution < -0.4 is 4.72 Å². The van der Waals surface area contributed by atoms with Crippen LogP contribution in [-0.4, -0.2) is 43.4 Å². The molecule has 0 spiro atoms. The first kappa shape index (κ1) is 17.4. The molecule has 6 nitrogen and oxygen atoms in total. The lowest BCUT2D eigenvalue weighted by molar-refractivity contribution is -0.137. The van der Waals surface area contributed by atoms with Gasteiger partial charge in [-0.1, -0.05) is 20.8 Å². The molecular formula is C13H26N2O4S. The van der Waals surface area contributed by atoms with Crippen molar-refractivity contribution in [3.8, 4) is 0 Å². The van der Waals surface area contributed by atoms with Crippen molar-refractivity contribution in [2.75, 3.05) is 19.6 Å². The predicted octanol–water partition coefficient (Wildman–Crippen LogP) is 1.30. The van der Waals surface area contributed by atoms with Crippen LogP contribution in [0.2, 0.25) is 0 Å². The summed E-state index contributed by atoms with van der Waals surface area (Å²) in [6.07, 6.45) is 1.60. The Balaban J connectivity index is 2.46. The summed E-state index contributed by atoms with van der Waals surface area (Å²) >= 11 is 0. The third-order valence-corrected chi connectivity index (χ3v) is 5.15. The Hall–Kier alpha value is -0.660. The highest BCUT2D eigenvalue weighted by Crippen LogP contribution is 2.22. The van der Waals surface area contributed by atoms with E-state index in [0.717, 1.165) is 6.42 Å². The molecule has 2 N–H and O–H groups in total. The summed E-state index contributed by atoms with van der Waals surface area (Å²) in [4.78, 5) is 10.5. The molecule has 1 aliphatic heterocycles. The molecule has 0 aliphatic carbocycles. The van der Waals surface area contributed by atoms with Crippen LogP contribution in [0, 0.1) is 17.8 Å². The van der Waals surface area contributed by atoms with Crippen molar-refractivity contribution in [3.63, 3.8) is 0 Å². The highest BCUT2D eigenvalue weighted by molar-refractivity contribution is 7.87. The normalized spacial score (nSPS) is 26.4. The third kappa shape index (κ3) is 5.76. The van der Waals surface area contributed by atoms with E-state index in [1.54, 1.807) is 0 Å². The van der Waals surface area contributed by atoms with E-state index < -0.39 is 16.2 Å². The zero-order valence-electron chi connectivity index (χ0n) is 12.5. The minimum Gasteiger partial charge on any atom is -0.481 e. The van der Waals surface area contributed by atoms with Gasteiger partial charge in [0.2, 0.25) is 0 Å². The quantitative estimate of drug-likeness (QED) is 0.742. The summed E-state index contributed by atoms with van der Waals surface area (Å²) in [5.74, 6) is -0.0848. The van der Waals surface area contributed by atoms with Crippen molar-refractivity contribution in [1.82, 2.24) is 9.03 Å². The molecule has 1 heterocycles. The van der Waals surface area contributed by atoms with E-state index >= 15 is 0 Å². The highest BCUT2D eigenvalue weighted by atomic mass is 32.2. The van der Waals surface area contributed by atoms with Crippen LogP contribution >= 0.6 is 0 Å². The number of carbonyl (C=O) groups is 1. The van der Waals surface area contributed by atoms with E-state index in [0.29, 0.717) is 31.3 Å². The van der Waals surface area contributed by atoms with Crippen LogP contribution in [0.15, 0.2) is 0 Å². The lowest BCUT2D eigenvalue weighted by Crippen LogP contribution is -2.48. The highest BCUT2D eigenvalue weighted by Gasteiger charge is 2.30. The number of hydrogen-bond donors (Lipinski definition) is 2. The molecule has 0 aromatic heterocycles. The molecule has 0 aromatic carbocycles. The van der Waals surface area contributed by atoms with E-state index in [2.05, 4.69) is 18.6 Å². The van der Waals surface area contributed by atoms with Gasteiger partial charge in [-0.3, -0.25) is 4.79 Å². The van der Waals surface area contributed by atoms with E-state index in [-0.39, 0.29) is 18.9 Å². The number of rotatable bonds is 7. The van der Waals surface area contributed by atoms with Gasteiger partial charge in [0.15, 0.2) is 0 Å². The standard InChI is InChI=1S/C13H26N2O4S/c1-10(4-5-13(16)17)7-14-20(18,19)15-8-11(2)6-12(3)9-15/h10-12,14H,4-9H2,1-3H3,(H,16,17). The van der Waals surface area contributed by atoms with Crippen LogP contribution in [0.4, 0.5) is 0 Å². The lowest BCUT2D eigenvalue weighted by Gasteiger charge is -2.34. The lowest BCUT2D eigenvalue weighted by atomic mass is 9.94. The molecule has 1 aliphatic rings. The van der Waals surface area contributed by atoms with Crippen molar-refractivity contribution >= 4 is 16.2 Å². The molecule has 7 heteroatoms. The molecule has 118 valence electrons. The molecule has 3 unspecified atom stereocenters. The van der Waals surface area contributed by atoms with E-state index in [9.17, 15) is 13.2 Å². The smallest absolute Gasteiger partial charge is 0.303 e. The molecule has 20 heavy (non-hydrogen) atoms. The Labute approximate surface area is 121 Å². The summed E-state index contributed by atoms with van der Waals surface area (Å²) < 4.78 is 28.5. The van der Waals surface area contributed by atoms with Gasteiger partial charge in [-0.2, -0.15) is 12.7 Å². The third-order valence-electron chi connectivity index (χ3n) is 3.64. The molecule has 0 aromatic rings. The number of nitrogens with zero attached hydrogens (tertiary/aromatic N) is 1. The van der Waals surface area contributed by atoms with Crippen LogP contribution in [0.25, 0.3) is 0 Å². The van der Waals surface area contributed by atoms with Gasteiger partial charge in [0.1, 0.15) is 0 Å². The Morgan fingerprint density at radius 1 is 1.35 bits per heavy atom. The summed E-state index contributed by atoms with van der Waals surface area (Å²) in [5.41, 5.74) is 0. The Bertz CT molecular complexity index is 414. The summed E-state index contributed by atoms with van der Waals surface area (Å²) in [6, 6.07) is 0. The number of aliphatic carboxylic acids is 1. The first-order valence-corrected chi connectivity index (χ1v) is 8.61. The zero-order chi connectivity index (χ0) is 15.3. The molecule has 1 rings (SSSR count). The first-order chi connectivity index (χ1) is 9.20. The Morgan fingerprint density at radius 2 is 1.90 bits per heavy atom. The first-order valence-electron chi connectivity index (χ1n) is 7.17. The number of carboxylic acids is 1. The van der Waals surface area contributed by atoms with Gasteiger partial charge in [-0.05, 0) is 30.6 Å². The monoisotopic (exact) mass is 306 g/mol. The van der Waals surface area contributed by atoms with Crippen molar-refractivity contribution in [2.24, 2.45) is 17.8 Å². The molecule has 0 amide bonds. The van der Waals surface area contributed by atoms with E-state index in [4.69, 9.17) is 5.11 Å². The van der Waals surface area contributed by atoms with Crippen LogP contribution in [0.5, 0.6) is 0 Å². The molecular weight excluding hydrogens is 280 g/mol. The minimum absolute atomic E-state index is 0.0144. The minimum atomic E-state index is -3.45. The molecule has 0 radical (unpaired) electrons. The van der Waals surface area contributed by atoms with Gasteiger partial charge in [0.05, 0.1) is 0 Å². The second-order valence-electron chi connectivity index (χ2n) is 6.15. The van der Waals surface area contributed by atoms with Gasteiger partial charge >= 0.3 is 5.97 Å². The number of hydrogen-bond acceptors (Lipinski definition) is 3. The summed E-state index contributed by atoms with van der Waals surface area (Å²) in [6.45, 7) is 7.38. The number of nitrogens with one attached hydrogen (secondary N) is 1. The van der Waals surface area contributed by atoms with Crippen molar-refractivity contribution in [3.05, 3.63) is 0 Å². The average Bonchev–Trinajstić information content (AvgIpc) is 2.32. The van der Waals surface area contributed by atoms with Crippen LogP contribution in [0.3, 0.4) is 0 Å². The number of piperidine rings is 1. The second-order valence-corrected chi connectivity index (χ2v) is 7.91. The topological polar surface area (TPSA) is 86.7 Å². The molecule has 0 bridgehead atoms. The molecule has 1 saturated heterocycles. The van der Waals surface area contributed by atoms with E-state index in [1.165, 1.54) is 4.31 Å². The van der Waals surface area contributed by atoms with Gasteiger partial charge in [-0.15, -0.1) is 0 Å². The fourth-order valence-corrected chi connectivity index (χ4v) is 4.19. The average molecular weight is 306 g/mol. The molecule has 3 atom stereocenters. The fourth-order valence-electron chi connectivity index (χ4n) is 2.61. The summed E-state index contributed by atoms with van der Waals surface area (Å²) in [5, 5.41) is 8.61.